The fraction of sp³-hybridized carbons (Fsp3) is 0.453. The van der Waals surface area contributed by atoms with Crippen molar-refractivity contribution in [3.63, 3.8) is 0 Å². The number of carbonyl (C=O) groups excluding carboxylic acids is 2. The number of fused-ring (bicyclic) bond motifs is 15. The number of ether oxygens (including phenoxy) is 5. The van der Waals surface area contributed by atoms with Crippen molar-refractivity contribution in [3.8, 4) is 34.5 Å². The number of benzene rings is 3. The molecule has 11 rings (SSSR count). The molecular weight excluding hydrogens is 1370 g/mol. The number of phenolic OH excluding ortho intramolecular Hbond substituents is 1. The molecule has 0 amide bonds. The van der Waals surface area contributed by atoms with Gasteiger partial charge in [-0.1, -0.05) is 60.8 Å². The average Bonchev–Trinajstić information content (AvgIpc) is 0.739. The second-order valence-electron chi connectivity index (χ2n) is 23.2. The zero-order chi connectivity index (χ0) is 60.9. The molecule has 90 heavy (non-hydrogen) atoms. The zero-order valence-electron chi connectivity index (χ0n) is 52.9. The number of ketones is 2. The number of hydrogen-bond donors (Lipinski definition) is 2. The van der Waals surface area contributed by atoms with E-state index in [0.29, 0.717) is 74.6 Å². The summed E-state index contributed by atoms with van der Waals surface area (Å²) in [6.45, 7) is 27.1. The van der Waals surface area contributed by atoms with Crippen LogP contribution in [0.1, 0.15) is 188 Å². The van der Waals surface area contributed by atoms with E-state index in [1.54, 1.807) is 13.0 Å². The number of aliphatic hydroxyl groups is 1. The van der Waals surface area contributed by atoms with Gasteiger partial charge in [-0.05, 0) is 128 Å². The second kappa shape index (κ2) is 32.4. The Morgan fingerprint density at radius 3 is 1.31 bits per heavy atom. The van der Waals surface area contributed by atoms with Crippen molar-refractivity contribution in [1.29, 1.82) is 0 Å². The summed E-state index contributed by atoms with van der Waals surface area (Å²) >= 11 is -2.24. The van der Waals surface area contributed by atoms with Gasteiger partial charge in [-0.25, -0.2) is 14.4 Å². The number of carbonyl (C=O) groups is 2. The van der Waals surface area contributed by atoms with E-state index >= 15 is 0 Å². The number of hydrogen-bond acceptors (Lipinski definition) is 15. The van der Waals surface area contributed by atoms with Crippen molar-refractivity contribution >= 4 is 79.6 Å². The molecule has 0 bridgehead atoms. The van der Waals surface area contributed by atoms with Gasteiger partial charge < -0.3 is 85.5 Å². The SMILES string of the molecule is CCCc1cc(=O)oc2c(C(=O)CC)c(O)c3c(c12)OC(C)(C)C=C3.CCCc1cc(=O)oc2c3c(c4c(c12)OC(C)(C)C=C4)O[C@H](C)[C@@H](C)C3=O.CCCc1cc(=O)oc2c3c(c4c(c12)OC(C)(C)C=C4)O[C@H](C)[C@@H](C)[C@@H]3O.O.O.O.O.O.O.O.[Cl][Ce]([Cl])[Cl]. The Bertz CT molecular complexity index is 3860. The van der Waals surface area contributed by atoms with E-state index in [0.717, 1.165) is 58.9 Å². The van der Waals surface area contributed by atoms with Crippen LogP contribution in [0.3, 0.4) is 0 Å². The van der Waals surface area contributed by atoms with Crippen molar-refractivity contribution in [2.75, 3.05) is 0 Å². The van der Waals surface area contributed by atoms with Crippen LogP contribution in [0, 0.1) is 42.5 Å². The molecule has 0 saturated carbocycles. The maximum atomic E-state index is 13.1. The molecular formula is C64H86CeCl3O22. The molecule has 0 spiro atoms. The molecule has 5 atom stereocenters. The normalized spacial score (nSPS) is 19.0. The van der Waals surface area contributed by atoms with E-state index in [2.05, 4.69) is 6.92 Å². The van der Waals surface area contributed by atoms with Gasteiger partial charge in [-0.3, -0.25) is 9.59 Å². The van der Waals surface area contributed by atoms with E-state index in [1.165, 1.54) is 18.2 Å². The van der Waals surface area contributed by atoms with E-state index in [4.69, 9.17) is 53.8 Å². The van der Waals surface area contributed by atoms with Crippen molar-refractivity contribution in [1.82, 2.24) is 0 Å². The first-order valence-corrected chi connectivity index (χ1v) is 40.1. The van der Waals surface area contributed by atoms with Crippen LogP contribution in [0.5, 0.6) is 34.5 Å². The molecule has 5 aliphatic rings. The summed E-state index contributed by atoms with van der Waals surface area (Å²) in [5.74, 6) is 1.78. The molecule has 3 aromatic heterocycles. The van der Waals surface area contributed by atoms with Crippen molar-refractivity contribution in [2.45, 2.75) is 177 Å². The molecule has 26 heteroatoms. The Morgan fingerprint density at radius 1 is 0.533 bits per heavy atom. The molecule has 499 valence electrons. The fourth-order valence-electron chi connectivity index (χ4n) is 11.0. The van der Waals surface area contributed by atoms with Gasteiger partial charge >= 0.3 is 64.4 Å². The van der Waals surface area contributed by atoms with Gasteiger partial charge in [0.05, 0.1) is 50.4 Å². The van der Waals surface area contributed by atoms with Crippen molar-refractivity contribution in [3.05, 3.63) is 118 Å². The number of halogens is 3. The third kappa shape index (κ3) is 16.5. The summed E-state index contributed by atoms with van der Waals surface area (Å²) < 4.78 is 47.6. The van der Waals surface area contributed by atoms with Crippen LogP contribution >= 0.6 is 16.9 Å². The number of Topliss-reactive ketones (excluding diaryl/α,β-unsaturated/α-hetero) is 2. The minimum absolute atomic E-state index is 0. The summed E-state index contributed by atoms with van der Waals surface area (Å²) in [7, 11) is 0. The minimum atomic E-state index is -2.24. The molecule has 6 aromatic rings. The molecule has 3 aromatic carbocycles. The summed E-state index contributed by atoms with van der Waals surface area (Å²) in [6.07, 6.45) is 15.1. The average molecular weight is 1450 g/mol. The fourth-order valence-corrected chi connectivity index (χ4v) is 11.0. The summed E-state index contributed by atoms with van der Waals surface area (Å²) in [4.78, 5) is 62.1. The molecule has 8 heterocycles. The van der Waals surface area contributed by atoms with Crippen LogP contribution in [0.25, 0.3) is 51.1 Å². The van der Waals surface area contributed by atoms with Gasteiger partial charge in [0.15, 0.2) is 28.3 Å². The van der Waals surface area contributed by atoms with Crippen molar-refractivity contribution < 1.29 is 126 Å². The molecule has 22 nitrogen and oxygen atoms in total. The zero-order valence-corrected chi connectivity index (χ0v) is 58.3. The third-order valence-electron chi connectivity index (χ3n) is 15.4. The number of phenols is 1. The first-order valence-electron chi connectivity index (χ1n) is 28.2. The van der Waals surface area contributed by atoms with Gasteiger partial charge in [-0.2, -0.15) is 0 Å². The number of aliphatic hydroxyl groups excluding tert-OH is 1. The molecule has 0 saturated heterocycles. The maximum absolute atomic E-state index is 13.1. The summed E-state index contributed by atoms with van der Waals surface area (Å²) in [5, 5.41) is 23.8. The van der Waals surface area contributed by atoms with Crippen molar-refractivity contribution in [2.24, 2.45) is 11.8 Å². The summed E-state index contributed by atoms with van der Waals surface area (Å²) in [6, 6.07) is 4.49. The van der Waals surface area contributed by atoms with Crippen LogP contribution in [-0.4, -0.2) is 89.1 Å². The van der Waals surface area contributed by atoms with Gasteiger partial charge in [0.25, 0.3) is 0 Å². The molecule has 0 aliphatic carbocycles. The first kappa shape index (κ1) is 82.6. The standard InChI is InChI=1S/C22H26O5.C22H24O5.C20H22O5.Ce.3ClH.7H2O/c2*1-6-7-13-10-15(23)26-21-16(13)20-14(8-9-22(4,5)27-20)19-17(21)18(24)11(2)12(3)25-19;1-5-7-11-10-14(22)24-19-15(11)18-12(8-9-20(3,4)25-18)17(23)16(19)13(21)6-2;;;;;;;;;;;/h8-12,18,24H,6-7H2,1-5H3;8-12H,6-7H2,1-5H3;8-10,23H,5-7H2,1-4H3;;3*1H;7*1H2/q;;;+3;;;;;;;;;;/p-3/t11-,12-,18+;11-,12-;;;;;;;;;;;;/m11............/s1. The molecule has 0 fully saturated rings. The van der Waals surface area contributed by atoms with E-state index in [-0.39, 0.29) is 103 Å². The Labute approximate surface area is 542 Å². The Kier molecular flexibility index (Phi) is 29.8. The predicted octanol–water partition coefficient (Wildman–Crippen LogP) is 9.43. The van der Waals surface area contributed by atoms with Crippen LogP contribution in [0.2, 0.25) is 0 Å². The van der Waals surface area contributed by atoms with E-state index in [1.807, 2.05) is 113 Å². The van der Waals surface area contributed by atoms with Gasteiger partial charge in [0.2, 0.25) is 0 Å². The second-order valence-corrected chi connectivity index (χ2v) is 37.1. The van der Waals surface area contributed by atoms with E-state index < -0.39 is 70.5 Å². The molecule has 16 N–H and O–H groups in total. The van der Waals surface area contributed by atoms with Crippen LogP contribution < -0.4 is 40.6 Å². The third-order valence-corrected chi connectivity index (χ3v) is 15.4. The van der Waals surface area contributed by atoms with Gasteiger partial charge in [0, 0.05) is 30.5 Å². The predicted molar refractivity (Wildman–Crippen MR) is 348 cm³/mol. The summed E-state index contributed by atoms with van der Waals surface area (Å²) in [5.41, 5.74) is 18.3. The number of rotatable bonds is 8. The quantitative estimate of drug-likeness (QED) is 0.106. The van der Waals surface area contributed by atoms with Gasteiger partial charge in [0.1, 0.15) is 74.6 Å². The molecule has 0 radical (unpaired) electrons. The Hall–Kier alpha value is -5.42. The van der Waals surface area contributed by atoms with Crippen LogP contribution in [-0.2, 0) is 19.3 Å². The van der Waals surface area contributed by atoms with Gasteiger partial charge in [-0.15, -0.1) is 0 Å². The molecule has 5 aliphatic heterocycles. The number of aromatic hydroxyl groups is 1. The van der Waals surface area contributed by atoms with Crippen LogP contribution in [0.4, 0.5) is 0 Å². The van der Waals surface area contributed by atoms with Crippen LogP contribution in [0.15, 0.2) is 64.1 Å². The number of aryl methyl sites for hydroxylation is 3. The molecule has 0 unspecified atom stereocenters. The first-order chi connectivity index (χ1) is 39.0. The van der Waals surface area contributed by atoms with E-state index in [9.17, 15) is 34.2 Å². The monoisotopic (exact) mass is 1450 g/mol. The topological polar surface area (TPSA) is 432 Å². The Morgan fingerprint density at radius 2 is 0.889 bits per heavy atom. The Balaban J connectivity index is 0.000000631.